The van der Waals surface area contributed by atoms with Crippen molar-refractivity contribution < 1.29 is 19.5 Å². The van der Waals surface area contributed by atoms with Crippen molar-refractivity contribution in [2.75, 3.05) is 0 Å². The minimum Gasteiger partial charge on any atom is -0.480 e. The molecule has 1 aliphatic rings. The maximum atomic E-state index is 10.5. The lowest BCUT2D eigenvalue weighted by atomic mass is 10.1. The fourth-order valence-corrected chi connectivity index (χ4v) is 0.797. The number of carboxylic acids is 1. The number of carbonyl (C=O) groups is 2. The first-order valence-corrected chi connectivity index (χ1v) is 3.33. The summed E-state index contributed by atoms with van der Waals surface area (Å²) in [5.74, 6) is -1.58. The van der Waals surface area contributed by atoms with Gasteiger partial charge in [-0.15, -0.1) is 0 Å². The third kappa shape index (κ3) is 2.03. The molecule has 1 heterocycles. The topological polar surface area (TPSA) is 102 Å². The molecule has 1 aliphatic heterocycles. The van der Waals surface area contributed by atoms with Crippen LogP contribution in [0.5, 0.6) is 0 Å². The van der Waals surface area contributed by atoms with Crippen LogP contribution in [0.2, 0.25) is 0 Å². The monoisotopic (exact) mass is 172 g/mol. The standard InChI is InChI=1S/C6H8N2O4/c7-4(6(10)11)1-3-2-5(9)12-8-3/h4H,1-2,7H2,(H,10,11)/t4-/m0/s1. The van der Waals surface area contributed by atoms with Gasteiger partial charge in [-0.3, -0.25) is 4.79 Å². The van der Waals surface area contributed by atoms with Crippen LogP contribution in [-0.2, 0) is 14.4 Å². The number of aliphatic carboxylic acids is 1. The van der Waals surface area contributed by atoms with Crippen LogP contribution in [0.15, 0.2) is 5.16 Å². The van der Waals surface area contributed by atoms with Crippen LogP contribution in [0, 0.1) is 0 Å². The van der Waals surface area contributed by atoms with Gasteiger partial charge >= 0.3 is 11.9 Å². The molecule has 0 amide bonds. The molecule has 0 aromatic rings. The van der Waals surface area contributed by atoms with E-state index >= 15 is 0 Å². The van der Waals surface area contributed by atoms with E-state index in [1.165, 1.54) is 0 Å². The molecular weight excluding hydrogens is 164 g/mol. The zero-order valence-electron chi connectivity index (χ0n) is 6.19. The molecule has 0 aromatic heterocycles. The summed E-state index contributed by atoms with van der Waals surface area (Å²) in [5.41, 5.74) is 5.58. The lowest BCUT2D eigenvalue weighted by Gasteiger charge is -2.02. The fourth-order valence-electron chi connectivity index (χ4n) is 0.797. The van der Waals surface area contributed by atoms with E-state index in [2.05, 4.69) is 9.99 Å². The van der Waals surface area contributed by atoms with E-state index in [1.54, 1.807) is 0 Å². The summed E-state index contributed by atoms with van der Waals surface area (Å²) in [6.07, 6.45) is 0.0993. The third-order valence-corrected chi connectivity index (χ3v) is 1.40. The summed E-state index contributed by atoms with van der Waals surface area (Å²) in [4.78, 5) is 25.0. The van der Waals surface area contributed by atoms with Crippen LogP contribution in [0.25, 0.3) is 0 Å². The van der Waals surface area contributed by atoms with Gasteiger partial charge in [-0.2, -0.15) is 0 Å². The molecule has 3 N–H and O–H groups in total. The Morgan fingerprint density at radius 3 is 2.92 bits per heavy atom. The van der Waals surface area contributed by atoms with E-state index in [-0.39, 0.29) is 12.8 Å². The van der Waals surface area contributed by atoms with E-state index in [4.69, 9.17) is 10.8 Å². The number of nitrogens with zero attached hydrogens (tertiary/aromatic N) is 1. The minimum absolute atomic E-state index is 0.0426. The number of hydrogen-bond donors (Lipinski definition) is 2. The lowest BCUT2D eigenvalue weighted by Crippen LogP contribution is -2.32. The molecule has 0 radical (unpaired) electrons. The van der Waals surface area contributed by atoms with Crippen molar-refractivity contribution in [3.05, 3.63) is 0 Å². The summed E-state index contributed by atoms with van der Waals surface area (Å²) in [6.45, 7) is 0. The number of nitrogens with two attached hydrogens (primary N) is 1. The highest BCUT2D eigenvalue weighted by Gasteiger charge is 2.22. The summed E-state index contributed by atoms with van der Waals surface area (Å²) in [6, 6.07) is -1.02. The average Bonchev–Trinajstić information content (AvgIpc) is 2.35. The van der Waals surface area contributed by atoms with E-state index in [9.17, 15) is 9.59 Å². The second kappa shape index (κ2) is 3.31. The Bertz CT molecular complexity index is 248. The second-order valence-corrected chi connectivity index (χ2v) is 2.45. The SMILES string of the molecule is N[C@@H](CC1=NOC(=O)C1)C(=O)O. The number of carboxylic acid groups (broad SMARTS) is 1. The Hall–Kier alpha value is -1.43. The molecule has 0 bridgehead atoms. The molecule has 0 aromatic carbocycles. The van der Waals surface area contributed by atoms with Crippen LogP contribution < -0.4 is 5.73 Å². The Kier molecular flexibility index (Phi) is 2.39. The summed E-state index contributed by atoms with van der Waals surface area (Å²) in [7, 11) is 0. The molecule has 1 atom stereocenters. The van der Waals surface area contributed by atoms with Crippen molar-refractivity contribution in [2.45, 2.75) is 18.9 Å². The molecule has 12 heavy (non-hydrogen) atoms. The molecular formula is C6H8N2O4. The van der Waals surface area contributed by atoms with Gasteiger partial charge in [-0.25, -0.2) is 4.79 Å². The quantitative estimate of drug-likeness (QED) is 0.536. The first-order chi connectivity index (χ1) is 5.59. The third-order valence-electron chi connectivity index (χ3n) is 1.40. The highest BCUT2D eigenvalue weighted by atomic mass is 16.7. The smallest absolute Gasteiger partial charge is 0.340 e. The van der Waals surface area contributed by atoms with Gasteiger partial charge in [0, 0.05) is 6.42 Å². The van der Waals surface area contributed by atoms with Crippen molar-refractivity contribution in [1.29, 1.82) is 0 Å². The highest BCUT2D eigenvalue weighted by Crippen LogP contribution is 2.06. The molecule has 1 rings (SSSR count). The number of rotatable bonds is 3. The Labute approximate surface area is 68.0 Å². The van der Waals surface area contributed by atoms with Crippen molar-refractivity contribution in [3.63, 3.8) is 0 Å². The normalized spacial score (nSPS) is 18.4. The predicted molar refractivity (Wildman–Crippen MR) is 38.4 cm³/mol. The summed E-state index contributed by atoms with van der Waals surface area (Å²) in [5, 5.41) is 11.8. The van der Waals surface area contributed by atoms with Gasteiger partial charge in [-0.05, 0) is 0 Å². The van der Waals surface area contributed by atoms with E-state index in [0.29, 0.717) is 5.71 Å². The van der Waals surface area contributed by atoms with Gasteiger partial charge in [0.05, 0.1) is 12.1 Å². The van der Waals surface area contributed by atoms with Crippen molar-refractivity contribution in [3.8, 4) is 0 Å². The zero-order chi connectivity index (χ0) is 9.14. The van der Waals surface area contributed by atoms with E-state index in [1.807, 2.05) is 0 Å². The molecule has 0 unspecified atom stereocenters. The summed E-state index contributed by atoms with van der Waals surface area (Å²) < 4.78 is 0. The maximum Gasteiger partial charge on any atom is 0.340 e. The molecule has 0 saturated carbocycles. The lowest BCUT2D eigenvalue weighted by molar-refractivity contribution is -0.140. The van der Waals surface area contributed by atoms with Crippen LogP contribution >= 0.6 is 0 Å². The number of oxime groups is 1. The highest BCUT2D eigenvalue weighted by molar-refractivity contribution is 6.03. The molecule has 0 spiro atoms. The van der Waals surface area contributed by atoms with Crippen LogP contribution in [-0.4, -0.2) is 28.8 Å². The predicted octanol–water partition coefficient (Wildman–Crippen LogP) is -0.909. The summed E-state index contributed by atoms with van der Waals surface area (Å²) >= 11 is 0. The molecule has 6 heteroatoms. The largest absolute Gasteiger partial charge is 0.480 e. The van der Waals surface area contributed by atoms with Crippen molar-refractivity contribution in [1.82, 2.24) is 0 Å². The second-order valence-electron chi connectivity index (χ2n) is 2.45. The fraction of sp³-hybridized carbons (Fsp3) is 0.500. The molecule has 0 aliphatic carbocycles. The van der Waals surface area contributed by atoms with Crippen LogP contribution in [0.1, 0.15) is 12.8 Å². The van der Waals surface area contributed by atoms with Gasteiger partial charge < -0.3 is 15.7 Å². The molecule has 0 saturated heterocycles. The van der Waals surface area contributed by atoms with Crippen LogP contribution in [0.4, 0.5) is 0 Å². The first-order valence-electron chi connectivity index (χ1n) is 3.33. The zero-order valence-corrected chi connectivity index (χ0v) is 6.19. The number of carbonyl (C=O) groups excluding carboxylic acids is 1. The average molecular weight is 172 g/mol. The molecule has 6 nitrogen and oxygen atoms in total. The van der Waals surface area contributed by atoms with Gasteiger partial charge in [0.1, 0.15) is 6.04 Å². The Morgan fingerprint density at radius 2 is 2.50 bits per heavy atom. The maximum absolute atomic E-state index is 10.5. The Morgan fingerprint density at radius 1 is 1.83 bits per heavy atom. The van der Waals surface area contributed by atoms with Crippen LogP contribution in [0.3, 0.4) is 0 Å². The molecule has 0 fully saturated rings. The van der Waals surface area contributed by atoms with Gasteiger partial charge in [0.25, 0.3) is 0 Å². The molecule has 66 valence electrons. The first kappa shape index (κ1) is 8.66. The Balaban J connectivity index is 2.42. The van der Waals surface area contributed by atoms with Gasteiger partial charge in [0.2, 0.25) is 0 Å². The minimum atomic E-state index is -1.11. The van der Waals surface area contributed by atoms with Gasteiger partial charge in [-0.1, -0.05) is 5.16 Å². The van der Waals surface area contributed by atoms with Crippen molar-refractivity contribution >= 4 is 17.7 Å². The van der Waals surface area contributed by atoms with E-state index in [0.717, 1.165) is 0 Å². The van der Waals surface area contributed by atoms with Gasteiger partial charge in [0.15, 0.2) is 0 Å². The van der Waals surface area contributed by atoms with E-state index < -0.39 is 18.0 Å². The van der Waals surface area contributed by atoms with Crippen molar-refractivity contribution in [2.24, 2.45) is 10.9 Å². The number of hydrogen-bond acceptors (Lipinski definition) is 5.